The van der Waals surface area contributed by atoms with E-state index in [9.17, 15) is 19.8 Å². The molecule has 0 radical (unpaired) electrons. The summed E-state index contributed by atoms with van der Waals surface area (Å²) in [5.74, 6) is -0.901. The summed E-state index contributed by atoms with van der Waals surface area (Å²) in [5.41, 5.74) is 0. The minimum absolute atomic E-state index is 0.133. The molecule has 156 valence electrons. The van der Waals surface area contributed by atoms with E-state index in [0.717, 1.165) is 70.6 Å². The van der Waals surface area contributed by atoms with Gasteiger partial charge in [0, 0.05) is 24.7 Å². The summed E-state index contributed by atoms with van der Waals surface area (Å²) in [6.45, 7) is 2.13. The Kier molecular flexibility index (Phi) is 12.3. The van der Waals surface area contributed by atoms with Crippen LogP contribution in [0.4, 0.5) is 0 Å². The second-order valence-electron chi connectivity index (χ2n) is 7.92. The standard InChI is InChI=1S/C22H38O5/c1-2-3-8-11-17(23)14-15-19-18(20(24)16-21(19)25)12-9-6-4-5-7-10-13-22(26)27/h14-15,17-19,21,23,25H,2-13,16H2,1H3,(H,26,27)/b15-14+/t17-,18+,19+,21+/m0/s1. The molecule has 0 aromatic heterocycles. The number of carbonyl (C=O) groups excluding carboxylic acids is 1. The first kappa shape index (κ1) is 23.8. The van der Waals surface area contributed by atoms with Gasteiger partial charge in [-0.25, -0.2) is 0 Å². The third-order valence-corrected chi connectivity index (χ3v) is 5.55. The Hall–Kier alpha value is -1.20. The molecule has 1 aliphatic carbocycles. The average molecular weight is 383 g/mol. The summed E-state index contributed by atoms with van der Waals surface area (Å²) >= 11 is 0. The van der Waals surface area contributed by atoms with Crippen molar-refractivity contribution in [1.29, 1.82) is 0 Å². The van der Waals surface area contributed by atoms with E-state index >= 15 is 0 Å². The van der Waals surface area contributed by atoms with Gasteiger partial charge in [0.1, 0.15) is 5.78 Å². The monoisotopic (exact) mass is 382 g/mol. The van der Waals surface area contributed by atoms with Crippen molar-refractivity contribution in [3.05, 3.63) is 12.2 Å². The van der Waals surface area contributed by atoms with Crippen molar-refractivity contribution in [1.82, 2.24) is 0 Å². The molecule has 27 heavy (non-hydrogen) atoms. The fourth-order valence-corrected chi connectivity index (χ4v) is 3.90. The molecule has 0 spiro atoms. The molecular formula is C22H38O5. The van der Waals surface area contributed by atoms with Crippen molar-refractivity contribution in [2.75, 3.05) is 0 Å². The van der Waals surface area contributed by atoms with Crippen LogP contribution in [0.3, 0.4) is 0 Å². The van der Waals surface area contributed by atoms with Gasteiger partial charge in [-0.3, -0.25) is 9.59 Å². The van der Waals surface area contributed by atoms with Crippen molar-refractivity contribution in [2.24, 2.45) is 11.8 Å². The summed E-state index contributed by atoms with van der Waals surface area (Å²) in [4.78, 5) is 22.7. The Morgan fingerprint density at radius 1 is 1.11 bits per heavy atom. The molecule has 5 nitrogen and oxygen atoms in total. The first-order valence-electron chi connectivity index (χ1n) is 10.7. The number of carboxylic acid groups (broad SMARTS) is 1. The van der Waals surface area contributed by atoms with Crippen molar-refractivity contribution in [2.45, 2.75) is 103 Å². The zero-order valence-corrected chi connectivity index (χ0v) is 16.8. The summed E-state index contributed by atoms with van der Waals surface area (Å²) in [6.07, 6.45) is 13.4. The van der Waals surface area contributed by atoms with Crippen LogP contribution in [0.1, 0.15) is 90.4 Å². The van der Waals surface area contributed by atoms with Gasteiger partial charge in [-0.15, -0.1) is 0 Å². The van der Waals surface area contributed by atoms with E-state index in [2.05, 4.69) is 6.92 Å². The summed E-state index contributed by atoms with van der Waals surface area (Å²) in [5, 5.41) is 28.8. The zero-order chi connectivity index (χ0) is 20.1. The van der Waals surface area contributed by atoms with E-state index in [0.29, 0.717) is 0 Å². The number of Topliss-reactive ketones (excluding diaryl/α,β-unsaturated/α-hetero) is 1. The van der Waals surface area contributed by atoms with Crippen molar-refractivity contribution in [3.8, 4) is 0 Å². The van der Waals surface area contributed by atoms with Crippen LogP contribution in [0, 0.1) is 11.8 Å². The van der Waals surface area contributed by atoms with Crippen LogP contribution in [-0.2, 0) is 9.59 Å². The molecule has 1 saturated carbocycles. The molecule has 0 heterocycles. The number of ketones is 1. The average Bonchev–Trinajstić information content (AvgIpc) is 2.88. The molecule has 0 unspecified atom stereocenters. The number of aliphatic hydroxyl groups excluding tert-OH is 2. The highest BCUT2D eigenvalue weighted by atomic mass is 16.4. The van der Waals surface area contributed by atoms with Crippen LogP contribution < -0.4 is 0 Å². The molecule has 0 amide bonds. The lowest BCUT2D eigenvalue weighted by Gasteiger charge is -2.18. The Bertz CT molecular complexity index is 460. The van der Waals surface area contributed by atoms with Gasteiger partial charge in [-0.1, -0.05) is 70.4 Å². The van der Waals surface area contributed by atoms with Crippen molar-refractivity contribution in [3.63, 3.8) is 0 Å². The number of carbonyl (C=O) groups is 2. The van der Waals surface area contributed by atoms with Gasteiger partial charge in [0.15, 0.2) is 0 Å². The predicted molar refractivity (Wildman–Crippen MR) is 106 cm³/mol. The third-order valence-electron chi connectivity index (χ3n) is 5.55. The van der Waals surface area contributed by atoms with Gasteiger partial charge < -0.3 is 15.3 Å². The van der Waals surface area contributed by atoms with Gasteiger partial charge in [-0.05, 0) is 19.3 Å². The Morgan fingerprint density at radius 3 is 2.44 bits per heavy atom. The lowest BCUT2D eigenvalue weighted by Crippen LogP contribution is -2.19. The maximum absolute atomic E-state index is 12.2. The quantitative estimate of drug-likeness (QED) is 0.291. The van der Waals surface area contributed by atoms with Crippen LogP contribution in [0.5, 0.6) is 0 Å². The summed E-state index contributed by atoms with van der Waals surface area (Å²) in [7, 11) is 0. The fraction of sp³-hybridized carbons (Fsp3) is 0.818. The minimum Gasteiger partial charge on any atom is -0.481 e. The lowest BCUT2D eigenvalue weighted by atomic mass is 9.88. The summed E-state index contributed by atoms with van der Waals surface area (Å²) in [6, 6.07) is 0. The molecule has 1 aliphatic rings. The molecule has 5 heteroatoms. The number of aliphatic hydroxyl groups is 2. The minimum atomic E-state index is -0.733. The highest BCUT2D eigenvalue weighted by Gasteiger charge is 2.39. The number of rotatable bonds is 15. The molecule has 0 aromatic carbocycles. The van der Waals surface area contributed by atoms with Crippen LogP contribution in [0.15, 0.2) is 12.2 Å². The van der Waals surface area contributed by atoms with E-state index in [1.165, 1.54) is 0 Å². The molecule has 4 atom stereocenters. The van der Waals surface area contributed by atoms with Crippen molar-refractivity contribution >= 4 is 11.8 Å². The van der Waals surface area contributed by atoms with Crippen molar-refractivity contribution < 1.29 is 24.9 Å². The SMILES string of the molecule is CCCCC[C@H](O)/C=C/[C@H]1[C@H](O)CC(=O)[C@@H]1CCCCCCCCC(=O)O. The largest absolute Gasteiger partial charge is 0.481 e. The van der Waals surface area contributed by atoms with Gasteiger partial charge in [0.2, 0.25) is 0 Å². The number of hydrogen-bond acceptors (Lipinski definition) is 4. The first-order chi connectivity index (χ1) is 13.0. The van der Waals surface area contributed by atoms with Gasteiger partial charge >= 0.3 is 5.97 Å². The summed E-state index contributed by atoms with van der Waals surface area (Å²) < 4.78 is 0. The molecule has 0 saturated heterocycles. The molecule has 0 aromatic rings. The highest BCUT2D eigenvalue weighted by Crippen LogP contribution is 2.34. The zero-order valence-electron chi connectivity index (χ0n) is 16.8. The van der Waals surface area contributed by atoms with Crippen LogP contribution in [0.25, 0.3) is 0 Å². The van der Waals surface area contributed by atoms with Crippen LogP contribution in [0.2, 0.25) is 0 Å². The highest BCUT2D eigenvalue weighted by molar-refractivity contribution is 5.84. The topological polar surface area (TPSA) is 94.8 Å². The second-order valence-corrected chi connectivity index (χ2v) is 7.92. The van der Waals surface area contributed by atoms with E-state index in [1.807, 2.05) is 6.08 Å². The molecule has 0 bridgehead atoms. The number of carboxylic acids is 1. The van der Waals surface area contributed by atoms with E-state index in [4.69, 9.17) is 5.11 Å². The van der Waals surface area contributed by atoms with E-state index in [-0.39, 0.29) is 30.5 Å². The smallest absolute Gasteiger partial charge is 0.303 e. The number of aliphatic carboxylic acids is 1. The number of hydrogen-bond donors (Lipinski definition) is 3. The number of unbranched alkanes of at least 4 members (excludes halogenated alkanes) is 7. The Labute approximate surface area is 163 Å². The maximum atomic E-state index is 12.2. The Morgan fingerprint density at radius 2 is 1.78 bits per heavy atom. The molecule has 1 rings (SSSR count). The van der Waals surface area contributed by atoms with E-state index < -0.39 is 18.2 Å². The van der Waals surface area contributed by atoms with Gasteiger partial charge in [0.25, 0.3) is 0 Å². The van der Waals surface area contributed by atoms with Gasteiger partial charge in [0.05, 0.1) is 12.2 Å². The maximum Gasteiger partial charge on any atom is 0.303 e. The van der Waals surface area contributed by atoms with Crippen LogP contribution >= 0.6 is 0 Å². The molecule has 3 N–H and O–H groups in total. The normalized spacial score (nSPS) is 24.0. The predicted octanol–water partition coefficient (Wildman–Crippen LogP) is 4.26. The Balaban J connectivity index is 2.30. The fourth-order valence-electron chi connectivity index (χ4n) is 3.90. The molecule has 0 aliphatic heterocycles. The first-order valence-corrected chi connectivity index (χ1v) is 10.7. The van der Waals surface area contributed by atoms with E-state index in [1.54, 1.807) is 6.08 Å². The lowest BCUT2D eigenvalue weighted by molar-refractivity contribution is -0.137. The second kappa shape index (κ2) is 13.9. The third kappa shape index (κ3) is 10.1. The molecular weight excluding hydrogens is 344 g/mol. The van der Waals surface area contributed by atoms with Gasteiger partial charge in [-0.2, -0.15) is 0 Å². The van der Waals surface area contributed by atoms with Crippen LogP contribution in [-0.4, -0.2) is 39.3 Å². The molecule has 1 fully saturated rings.